The van der Waals surface area contributed by atoms with Gasteiger partial charge in [-0.1, -0.05) is 0 Å². The normalized spacial score (nSPS) is 21.5. The molecule has 0 spiro atoms. The fourth-order valence-corrected chi connectivity index (χ4v) is 3.14. The number of amides is 1. The molecule has 0 aromatic carbocycles. The van der Waals surface area contributed by atoms with Gasteiger partial charge in [-0.2, -0.15) is 0 Å². The van der Waals surface area contributed by atoms with Crippen molar-refractivity contribution in [2.45, 2.75) is 26.3 Å². The Kier molecular flexibility index (Phi) is 7.59. The summed E-state index contributed by atoms with van der Waals surface area (Å²) >= 11 is 0. The summed E-state index contributed by atoms with van der Waals surface area (Å²) in [6.07, 6.45) is 0.628. The second-order valence-corrected chi connectivity index (χ2v) is 6.60. The number of nitrogens with one attached hydrogen (secondary N) is 2. The molecule has 0 bridgehead atoms. The van der Waals surface area contributed by atoms with Crippen LogP contribution in [-0.2, 0) is 4.79 Å². The number of carbonyl (C=O) groups is 1. The Hall–Kier alpha value is -0.690. The zero-order chi connectivity index (χ0) is 15.8. The third kappa shape index (κ3) is 5.83. The van der Waals surface area contributed by atoms with Crippen LogP contribution in [0, 0.1) is 0 Å². The standard InChI is InChI=1S/C16H33N5O/c1-15(2)20-11-13-21(14-12-20)16(22)3-4-17-5-8-19-9-6-18-7-10-19/h15,17-18H,3-14H2,1-2H3. The molecule has 128 valence electrons. The van der Waals surface area contributed by atoms with Gasteiger partial charge < -0.3 is 15.5 Å². The fraction of sp³-hybridized carbons (Fsp3) is 0.938. The fourth-order valence-electron chi connectivity index (χ4n) is 3.14. The highest BCUT2D eigenvalue weighted by Crippen LogP contribution is 2.06. The minimum atomic E-state index is 0.304. The van der Waals surface area contributed by atoms with Crippen LogP contribution in [0.5, 0.6) is 0 Å². The van der Waals surface area contributed by atoms with E-state index >= 15 is 0 Å². The SMILES string of the molecule is CC(C)N1CCN(C(=O)CCNCCN2CCNCC2)CC1. The molecule has 2 saturated heterocycles. The first-order chi connectivity index (χ1) is 10.7. The Bertz CT molecular complexity index is 322. The molecule has 0 atom stereocenters. The Morgan fingerprint density at radius 3 is 2.36 bits per heavy atom. The van der Waals surface area contributed by atoms with Crippen LogP contribution >= 0.6 is 0 Å². The lowest BCUT2D eigenvalue weighted by atomic mass is 10.2. The molecule has 0 aliphatic carbocycles. The smallest absolute Gasteiger partial charge is 0.223 e. The summed E-state index contributed by atoms with van der Waals surface area (Å²) in [6, 6.07) is 0.587. The van der Waals surface area contributed by atoms with Crippen molar-refractivity contribution in [2.24, 2.45) is 0 Å². The molecular weight excluding hydrogens is 278 g/mol. The van der Waals surface area contributed by atoms with Crippen molar-refractivity contribution in [2.75, 3.05) is 72.0 Å². The van der Waals surface area contributed by atoms with Crippen molar-refractivity contribution >= 4 is 5.91 Å². The maximum Gasteiger partial charge on any atom is 0.223 e. The van der Waals surface area contributed by atoms with Crippen molar-refractivity contribution in [3.05, 3.63) is 0 Å². The second kappa shape index (κ2) is 9.45. The molecule has 1 amide bonds. The van der Waals surface area contributed by atoms with Crippen LogP contribution in [-0.4, -0.2) is 98.6 Å². The van der Waals surface area contributed by atoms with Gasteiger partial charge in [-0.25, -0.2) is 0 Å². The van der Waals surface area contributed by atoms with Gasteiger partial charge in [-0.3, -0.25) is 14.6 Å². The lowest BCUT2D eigenvalue weighted by Crippen LogP contribution is -2.51. The molecule has 6 heteroatoms. The van der Waals surface area contributed by atoms with Crippen LogP contribution in [0.25, 0.3) is 0 Å². The summed E-state index contributed by atoms with van der Waals surface area (Å²) in [5, 5.41) is 6.77. The van der Waals surface area contributed by atoms with E-state index in [-0.39, 0.29) is 0 Å². The molecule has 2 heterocycles. The predicted octanol–water partition coefficient (Wildman–Crippen LogP) is -0.576. The van der Waals surface area contributed by atoms with Gasteiger partial charge in [0.1, 0.15) is 0 Å². The van der Waals surface area contributed by atoms with E-state index in [4.69, 9.17) is 0 Å². The molecule has 2 N–H and O–H groups in total. The van der Waals surface area contributed by atoms with Gasteiger partial charge >= 0.3 is 0 Å². The maximum absolute atomic E-state index is 12.2. The maximum atomic E-state index is 12.2. The lowest BCUT2D eigenvalue weighted by Gasteiger charge is -2.37. The Labute approximate surface area is 135 Å². The highest BCUT2D eigenvalue weighted by molar-refractivity contribution is 5.76. The number of rotatable bonds is 7. The summed E-state index contributed by atoms with van der Waals surface area (Å²) in [5.41, 5.74) is 0. The average molecular weight is 311 g/mol. The highest BCUT2D eigenvalue weighted by atomic mass is 16.2. The molecular formula is C16H33N5O. The molecule has 22 heavy (non-hydrogen) atoms. The Morgan fingerprint density at radius 2 is 1.73 bits per heavy atom. The van der Waals surface area contributed by atoms with Crippen molar-refractivity contribution < 1.29 is 4.79 Å². The van der Waals surface area contributed by atoms with Crippen LogP contribution in [0.15, 0.2) is 0 Å². The van der Waals surface area contributed by atoms with Gasteiger partial charge in [0.25, 0.3) is 0 Å². The zero-order valence-electron chi connectivity index (χ0n) is 14.3. The minimum absolute atomic E-state index is 0.304. The Balaban J connectivity index is 1.51. The van der Waals surface area contributed by atoms with Gasteiger partial charge in [0.2, 0.25) is 5.91 Å². The van der Waals surface area contributed by atoms with Crippen LogP contribution in [0.1, 0.15) is 20.3 Å². The summed E-state index contributed by atoms with van der Waals surface area (Å²) in [5.74, 6) is 0.304. The molecule has 0 unspecified atom stereocenters. The summed E-state index contributed by atoms with van der Waals surface area (Å²) < 4.78 is 0. The van der Waals surface area contributed by atoms with Crippen LogP contribution in [0.4, 0.5) is 0 Å². The molecule has 0 aromatic heterocycles. The number of piperazine rings is 2. The zero-order valence-corrected chi connectivity index (χ0v) is 14.3. The third-order valence-electron chi connectivity index (χ3n) is 4.73. The monoisotopic (exact) mass is 311 g/mol. The molecule has 0 radical (unpaired) electrons. The number of nitrogens with zero attached hydrogens (tertiary/aromatic N) is 3. The van der Waals surface area contributed by atoms with E-state index in [0.717, 1.165) is 72.0 Å². The molecule has 2 aliphatic rings. The molecule has 2 fully saturated rings. The van der Waals surface area contributed by atoms with Crippen molar-refractivity contribution in [3.63, 3.8) is 0 Å². The first kappa shape index (κ1) is 17.7. The largest absolute Gasteiger partial charge is 0.340 e. The van der Waals surface area contributed by atoms with E-state index in [1.807, 2.05) is 4.90 Å². The molecule has 6 nitrogen and oxygen atoms in total. The van der Waals surface area contributed by atoms with E-state index in [1.54, 1.807) is 0 Å². The van der Waals surface area contributed by atoms with E-state index in [1.165, 1.54) is 0 Å². The predicted molar refractivity (Wildman–Crippen MR) is 90.1 cm³/mol. The van der Waals surface area contributed by atoms with E-state index < -0.39 is 0 Å². The van der Waals surface area contributed by atoms with Gasteiger partial charge in [0.05, 0.1) is 0 Å². The van der Waals surface area contributed by atoms with Gasteiger partial charge in [-0.05, 0) is 13.8 Å². The van der Waals surface area contributed by atoms with Crippen LogP contribution < -0.4 is 10.6 Å². The molecule has 2 rings (SSSR count). The van der Waals surface area contributed by atoms with Gasteiger partial charge in [0.15, 0.2) is 0 Å². The topological polar surface area (TPSA) is 50.9 Å². The number of hydrogen-bond donors (Lipinski definition) is 2. The first-order valence-electron chi connectivity index (χ1n) is 8.82. The highest BCUT2D eigenvalue weighted by Gasteiger charge is 2.21. The first-order valence-corrected chi connectivity index (χ1v) is 8.82. The third-order valence-corrected chi connectivity index (χ3v) is 4.73. The summed E-state index contributed by atoms with van der Waals surface area (Å²) in [7, 11) is 0. The molecule has 0 saturated carbocycles. The van der Waals surface area contributed by atoms with Gasteiger partial charge in [-0.15, -0.1) is 0 Å². The molecule has 2 aliphatic heterocycles. The van der Waals surface area contributed by atoms with Crippen LogP contribution in [0.3, 0.4) is 0 Å². The number of carbonyl (C=O) groups excluding carboxylic acids is 1. The number of hydrogen-bond acceptors (Lipinski definition) is 5. The summed E-state index contributed by atoms with van der Waals surface area (Å²) in [4.78, 5) is 19.1. The van der Waals surface area contributed by atoms with Crippen molar-refractivity contribution in [1.82, 2.24) is 25.3 Å². The van der Waals surface area contributed by atoms with Crippen molar-refractivity contribution in [1.29, 1.82) is 0 Å². The van der Waals surface area contributed by atoms with E-state index in [0.29, 0.717) is 18.4 Å². The summed E-state index contributed by atoms with van der Waals surface area (Å²) in [6.45, 7) is 15.6. The van der Waals surface area contributed by atoms with Crippen LogP contribution in [0.2, 0.25) is 0 Å². The van der Waals surface area contributed by atoms with E-state index in [9.17, 15) is 4.79 Å². The van der Waals surface area contributed by atoms with Gasteiger partial charge in [0, 0.05) is 84.5 Å². The Morgan fingerprint density at radius 1 is 1.05 bits per heavy atom. The molecule has 0 aromatic rings. The lowest BCUT2D eigenvalue weighted by molar-refractivity contribution is -0.133. The minimum Gasteiger partial charge on any atom is -0.340 e. The van der Waals surface area contributed by atoms with E-state index in [2.05, 4.69) is 34.3 Å². The van der Waals surface area contributed by atoms with Crippen molar-refractivity contribution in [3.8, 4) is 0 Å². The average Bonchev–Trinajstić information content (AvgIpc) is 2.55. The second-order valence-electron chi connectivity index (χ2n) is 6.60. The quantitative estimate of drug-likeness (QED) is 0.617.